The van der Waals surface area contributed by atoms with Crippen LogP contribution in [0.3, 0.4) is 0 Å². The van der Waals surface area contributed by atoms with E-state index in [9.17, 15) is 14.3 Å². The number of benzene rings is 3. The second kappa shape index (κ2) is 10.8. The number of halogens is 2. The maximum atomic E-state index is 14.2. The van der Waals surface area contributed by atoms with E-state index in [4.69, 9.17) is 9.72 Å². The summed E-state index contributed by atoms with van der Waals surface area (Å²) in [5.74, 6) is -0.290. The number of hydrogen-bond acceptors (Lipinski definition) is 4. The first kappa shape index (κ1) is 25.5. The molecule has 2 heterocycles. The van der Waals surface area contributed by atoms with Crippen LogP contribution in [0, 0.1) is 11.7 Å². The van der Waals surface area contributed by atoms with Crippen molar-refractivity contribution in [3.05, 3.63) is 100 Å². The summed E-state index contributed by atoms with van der Waals surface area (Å²) in [7, 11) is 0. The van der Waals surface area contributed by atoms with E-state index in [1.165, 1.54) is 6.07 Å². The second-order valence-corrected chi connectivity index (χ2v) is 11.0. The van der Waals surface area contributed by atoms with E-state index in [1.54, 1.807) is 6.07 Å². The first-order valence-electron chi connectivity index (χ1n) is 13.1. The number of carboxylic acid groups (broad SMARTS) is 1. The third-order valence-corrected chi connectivity index (χ3v) is 8.06. The molecular weight excluding hydrogens is 561 g/mol. The molecule has 1 aliphatic carbocycles. The quantitative estimate of drug-likeness (QED) is 0.214. The largest absolute Gasteiger partial charge is 0.487 e. The molecule has 0 spiro atoms. The summed E-state index contributed by atoms with van der Waals surface area (Å²) in [5.41, 5.74) is 3.75. The number of aliphatic carboxylic acids is 1. The van der Waals surface area contributed by atoms with E-state index in [-0.39, 0.29) is 18.3 Å². The molecular formula is C31H27BrFN3O3. The highest BCUT2D eigenvalue weighted by Crippen LogP contribution is 2.39. The van der Waals surface area contributed by atoms with Crippen LogP contribution in [0.5, 0.6) is 5.75 Å². The zero-order valence-corrected chi connectivity index (χ0v) is 22.8. The van der Waals surface area contributed by atoms with E-state index in [1.807, 2.05) is 48.5 Å². The van der Waals surface area contributed by atoms with Crippen molar-refractivity contribution in [1.29, 1.82) is 0 Å². The lowest BCUT2D eigenvalue weighted by Crippen LogP contribution is -2.27. The Hall–Kier alpha value is -3.78. The molecule has 2 atom stereocenters. The highest BCUT2D eigenvalue weighted by Gasteiger charge is 2.35. The van der Waals surface area contributed by atoms with Crippen molar-refractivity contribution < 1.29 is 19.0 Å². The number of rotatable bonds is 7. The summed E-state index contributed by atoms with van der Waals surface area (Å²) < 4.78 is 23.4. The molecule has 198 valence electrons. The number of pyridine rings is 1. The summed E-state index contributed by atoms with van der Waals surface area (Å²) in [6, 6.07) is 22.5. The molecule has 1 fully saturated rings. The molecule has 5 aromatic rings. The molecule has 39 heavy (non-hydrogen) atoms. The fourth-order valence-corrected chi connectivity index (χ4v) is 5.83. The molecule has 6 nitrogen and oxygen atoms in total. The minimum absolute atomic E-state index is 0.153. The number of imidazole rings is 1. The number of hydrogen-bond donors (Lipinski definition) is 1. The molecule has 0 aliphatic heterocycles. The average molecular weight is 588 g/mol. The van der Waals surface area contributed by atoms with Gasteiger partial charge in [0.1, 0.15) is 29.5 Å². The van der Waals surface area contributed by atoms with Gasteiger partial charge in [-0.2, -0.15) is 0 Å². The normalized spacial score (nSPS) is 17.5. The first-order valence-corrected chi connectivity index (χ1v) is 13.9. The number of ether oxygens (including phenoxy) is 1. The predicted molar refractivity (Wildman–Crippen MR) is 151 cm³/mol. The molecule has 8 heteroatoms. The van der Waals surface area contributed by atoms with Crippen molar-refractivity contribution in [1.82, 2.24) is 14.5 Å². The van der Waals surface area contributed by atoms with Crippen LogP contribution in [-0.2, 0) is 17.9 Å². The highest BCUT2D eigenvalue weighted by atomic mass is 79.9. The van der Waals surface area contributed by atoms with Crippen molar-refractivity contribution in [2.75, 3.05) is 0 Å². The fourth-order valence-electron chi connectivity index (χ4n) is 5.56. The van der Waals surface area contributed by atoms with Gasteiger partial charge in [-0.05, 0) is 54.8 Å². The number of carbonyl (C=O) groups is 1. The maximum absolute atomic E-state index is 14.2. The number of para-hydroxylation sites is 1. The molecule has 1 saturated carbocycles. The van der Waals surface area contributed by atoms with Gasteiger partial charge in [0.25, 0.3) is 0 Å². The lowest BCUT2D eigenvalue weighted by Gasteiger charge is -2.28. The van der Waals surface area contributed by atoms with Crippen LogP contribution < -0.4 is 4.74 Å². The predicted octanol–water partition coefficient (Wildman–Crippen LogP) is 7.47. The number of aromatic nitrogens is 3. The van der Waals surface area contributed by atoms with Crippen LogP contribution in [-0.4, -0.2) is 25.6 Å². The van der Waals surface area contributed by atoms with Gasteiger partial charge >= 0.3 is 5.97 Å². The van der Waals surface area contributed by atoms with Gasteiger partial charge in [-0.25, -0.2) is 14.4 Å². The molecule has 2 aromatic heterocycles. The monoisotopic (exact) mass is 587 g/mol. The number of carboxylic acids is 1. The zero-order chi connectivity index (χ0) is 26.9. The first-order chi connectivity index (χ1) is 19.0. The topological polar surface area (TPSA) is 77.2 Å². The van der Waals surface area contributed by atoms with Crippen molar-refractivity contribution >= 4 is 43.8 Å². The Morgan fingerprint density at radius 1 is 1.03 bits per heavy atom. The minimum atomic E-state index is -0.759. The van der Waals surface area contributed by atoms with Gasteiger partial charge in [0.05, 0.1) is 22.6 Å². The Morgan fingerprint density at radius 2 is 1.85 bits per heavy atom. The fraction of sp³-hybridized carbons (Fsp3) is 0.258. The molecule has 3 aromatic carbocycles. The summed E-state index contributed by atoms with van der Waals surface area (Å²) in [6.45, 7) is 0.778. The van der Waals surface area contributed by atoms with Gasteiger partial charge in [-0.15, -0.1) is 0 Å². The third-order valence-electron chi connectivity index (χ3n) is 7.53. The molecule has 6 rings (SSSR count). The molecule has 1 N–H and O–H groups in total. The summed E-state index contributed by atoms with van der Waals surface area (Å²) in [6.07, 6.45) is 3.37. The van der Waals surface area contributed by atoms with Crippen LogP contribution >= 0.6 is 15.9 Å². The summed E-state index contributed by atoms with van der Waals surface area (Å²) in [5, 5.41) is 10.7. The highest BCUT2D eigenvalue weighted by molar-refractivity contribution is 9.10. The van der Waals surface area contributed by atoms with Crippen molar-refractivity contribution in [3.63, 3.8) is 0 Å². The van der Waals surface area contributed by atoms with Crippen molar-refractivity contribution in [2.24, 2.45) is 5.92 Å². The van der Waals surface area contributed by atoms with Crippen LogP contribution in [0.4, 0.5) is 4.39 Å². The Morgan fingerprint density at radius 3 is 2.67 bits per heavy atom. The number of fused-ring (bicyclic) bond motifs is 2. The smallest absolute Gasteiger partial charge is 0.307 e. The standard InChI is InChI=1S/C31H27BrFN3O3/c32-21-11-8-19(9-12-21)17-36-28-15-14-23(39-18-22-13-10-20-4-3-7-26(33)29(20)34-22)16-27(28)35-30(36)24-5-1-2-6-25(24)31(37)38/h3-4,7-16,24-25H,1-2,5-6,17-18H2,(H,37,38)/t24-,25-/m0/s1. The summed E-state index contributed by atoms with van der Waals surface area (Å²) in [4.78, 5) is 21.6. The van der Waals surface area contributed by atoms with Gasteiger partial charge in [-0.1, -0.05) is 59.1 Å². The molecule has 0 saturated heterocycles. The van der Waals surface area contributed by atoms with Gasteiger partial charge in [0.2, 0.25) is 0 Å². The lowest BCUT2D eigenvalue weighted by atomic mass is 9.78. The maximum Gasteiger partial charge on any atom is 0.307 e. The number of nitrogens with zero attached hydrogens (tertiary/aromatic N) is 3. The summed E-state index contributed by atoms with van der Waals surface area (Å²) >= 11 is 3.50. The Bertz CT molecular complexity index is 1670. The molecule has 1 aliphatic rings. The average Bonchev–Trinajstić information content (AvgIpc) is 3.30. The molecule has 0 amide bonds. The van der Waals surface area contributed by atoms with E-state index >= 15 is 0 Å². The van der Waals surface area contributed by atoms with E-state index < -0.39 is 11.9 Å². The van der Waals surface area contributed by atoms with Crippen LogP contribution in [0.2, 0.25) is 0 Å². The minimum Gasteiger partial charge on any atom is -0.487 e. The van der Waals surface area contributed by atoms with Crippen molar-refractivity contribution in [2.45, 2.75) is 44.8 Å². The van der Waals surface area contributed by atoms with E-state index in [0.717, 1.165) is 51.5 Å². The Labute approximate surface area is 233 Å². The third kappa shape index (κ3) is 5.26. The van der Waals surface area contributed by atoms with Crippen LogP contribution in [0.1, 0.15) is 48.7 Å². The lowest BCUT2D eigenvalue weighted by molar-refractivity contribution is -0.143. The molecule has 0 unspecified atom stereocenters. The van der Waals surface area contributed by atoms with Crippen molar-refractivity contribution in [3.8, 4) is 5.75 Å². The van der Waals surface area contributed by atoms with Crippen LogP contribution in [0.25, 0.3) is 21.9 Å². The SMILES string of the molecule is O=C(O)[C@H]1CCCC[C@@H]1c1nc2cc(OCc3ccc4cccc(F)c4n3)ccc2n1Cc1ccc(Br)cc1. The Kier molecular flexibility index (Phi) is 7.04. The van der Waals surface area contributed by atoms with Gasteiger partial charge in [0, 0.05) is 28.4 Å². The van der Waals surface area contributed by atoms with Gasteiger partial charge in [-0.3, -0.25) is 4.79 Å². The van der Waals surface area contributed by atoms with Crippen LogP contribution in [0.15, 0.2) is 77.3 Å². The van der Waals surface area contributed by atoms with E-state index in [0.29, 0.717) is 29.9 Å². The second-order valence-electron chi connectivity index (χ2n) is 10.1. The van der Waals surface area contributed by atoms with E-state index in [2.05, 4.69) is 37.6 Å². The van der Waals surface area contributed by atoms with Gasteiger partial charge < -0.3 is 14.4 Å². The van der Waals surface area contributed by atoms with Gasteiger partial charge in [0.15, 0.2) is 0 Å². The molecule has 0 bridgehead atoms. The Balaban J connectivity index is 1.33. The molecule has 0 radical (unpaired) electrons. The zero-order valence-electron chi connectivity index (χ0n) is 21.2.